The topological polar surface area (TPSA) is 103 Å². The molecule has 0 radical (unpaired) electrons. The zero-order valence-electron chi connectivity index (χ0n) is 21.5. The number of hydrogen-bond donors (Lipinski definition) is 1. The van der Waals surface area contributed by atoms with Gasteiger partial charge in [0.25, 0.3) is 0 Å². The Morgan fingerprint density at radius 2 is 1.81 bits per heavy atom. The van der Waals surface area contributed by atoms with Crippen molar-refractivity contribution in [3.63, 3.8) is 0 Å². The van der Waals surface area contributed by atoms with Crippen LogP contribution in [0, 0.1) is 5.92 Å². The number of carbonyl (C=O) groups excluding carboxylic acids is 2. The van der Waals surface area contributed by atoms with Crippen LogP contribution in [0.25, 0.3) is 0 Å². The molecule has 1 N–H and O–H groups in total. The highest BCUT2D eigenvalue weighted by atomic mass is 31.2. The molecule has 2 aromatic carbocycles. The molecule has 10 heteroatoms. The number of para-hydroxylation sites is 1. The van der Waals surface area contributed by atoms with Crippen LogP contribution in [0.2, 0.25) is 0 Å². The summed E-state index contributed by atoms with van der Waals surface area (Å²) in [7, 11) is -2.60. The molecule has 2 bridgehead atoms. The third-order valence-corrected chi connectivity index (χ3v) is 8.63. The number of nitrogens with zero attached hydrogens (tertiary/aromatic N) is 1. The van der Waals surface area contributed by atoms with E-state index in [0.717, 1.165) is 24.9 Å². The second kappa shape index (κ2) is 11.9. The fraction of sp³-hybridized carbons (Fsp3) is 0.481. The van der Waals surface area contributed by atoms with Crippen molar-refractivity contribution >= 4 is 19.5 Å². The average molecular weight is 531 g/mol. The number of ketones is 1. The predicted molar refractivity (Wildman–Crippen MR) is 138 cm³/mol. The van der Waals surface area contributed by atoms with E-state index in [1.165, 1.54) is 14.0 Å². The summed E-state index contributed by atoms with van der Waals surface area (Å²) in [6.07, 6.45) is 1.57. The van der Waals surface area contributed by atoms with Gasteiger partial charge in [-0.15, -0.1) is 0 Å². The zero-order valence-corrected chi connectivity index (χ0v) is 22.4. The molecule has 3 saturated heterocycles. The molecule has 5 rings (SSSR count). The largest absolute Gasteiger partial charge is 0.460 e. The van der Waals surface area contributed by atoms with E-state index in [9.17, 15) is 14.2 Å². The van der Waals surface area contributed by atoms with E-state index >= 15 is 0 Å². The van der Waals surface area contributed by atoms with Gasteiger partial charge in [0.05, 0.1) is 13.2 Å². The van der Waals surface area contributed by atoms with Crippen LogP contribution >= 0.6 is 7.75 Å². The molecule has 6 atom stereocenters. The summed E-state index contributed by atoms with van der Waals surface area (Å²) in [5.41, 5.74) is -0.248. The number of carbonyl (C=O) groups is 2. The Labute approximate surface area is 218 Å². The van der Waals surface area contributed by atoms with Crippen LogP contribution in [-0.2, 0) is 34.8 Å². The summed E-state index contributed by atoms with van der Waals surface area (Å²) < 4.78 is 36.6. The van der Waals surface area contributed by atoms with Gasteiger partial charge in [0, 0.05) is 25.6 Å². The molecule has 2 unspecified atom stereocenters. The number of rotatable bonds is 12. The molecule has 3 fully saturated rings. The fourth-order valence-corrected chi connectivity index (χ4v) is 6.74. The van der Waals surface area contributed by atoms with Crippen LogP contribution in [0.3, 0.4) is 0 Å². The van der Waals surface area contributed by atoms with E-state index < -0.39 is 25.3 Å². The molecule has 3 aliphatic heterocycles. The predicted octanol–water partition coefficient (Wildman–Crippen LogP) is 3.98. The van der Waals surface area contributed by atoms with E-state index in [1.54, 1.807) is 30.3 Å². The molecule has 200 valence electrons. The molecule has 0 aromatic heterocycles. The fourth-order valence-electron chi connectivity index (χ4n) is 5.20. The number of esters is 1. The number of nitrogens with one attached hydrogen (secondary N) is 1. The summed E-state index contributed by atoms with van der Waals surface area (Å²) >= 11 is 0. The summed E-state index contributed by atoms with van der Waals surface area (Å²) in [5.74, 6) is -0.372. The number of ether oxygens (including phenoxy) is 2. The highest BCUT2D eigenvalue weighted by Crippen LogP contribution is 2.48. The number of benzene rings is 2. The SMILES string of the molecule is COC[C@]1(COP(=O)(N[C@@H](C)C(=O)OCc2ccccc2)Oc2ccccc2)C(=O)[C@H]2CCN1[C@H](C)C2. The quantitative estimate of drug-likeness (QED) is 0.322. The second-order valence-corrected chi connectivity index (χ2v) is 11.4. The zero-order chi connectivity index (χ0) is 26.5. The highest BCUT2D eigenvalue weighted by Gasteiger charge is 2.56. The van der Waals surface area contributed by atoms with Crippen molar-refractivity contribution in [1.82, 2.24) is 9.99 Å². The summed E-state index contributed by atoms with van der Waals surface area (Å²) in [5, 5.41) is 2.71. The van der Waals surface area contributed by atoms with Crippen LogP contribution < -0.4 is 9.61 Å². The van der Waals surface area contributed by atoms with Crippen molar-refractivity contribution in [2.45, 2.75) is 50.9 Å². The number of hydrogen-bond acceptors (Lipinski definition) is 8. The van der Waals surface area contributed by atoms with E-state index in [-0.39, 0.29) is 37.6 Å². The Bertz CT molecular complexity index is 1120. The first-order chi connectivity index (χ1) is 17.8. The van der Waals surface area contributed by atoms with Crippen molar-refractivity contribution in [3.05, 3.63) is 66.2 Å². The van der Waals surface area contributed by atoms with E-state index in [1.807, 2.05) is 30.3 Å². The van der Waals surface area contributed by atoms with Crippen molar-refractivity contribution < 1.29 is 32.7 Å². The number of fused-ring (bicyclic) bond motifs is 3. The van der Waals surface area contributed by atoms with E-state index in [4.69, 9.17) is 18.5 Å². The Balaban J connectivity index is 1.51. The minimum Gasteiger partial charge on any atom is -0.460 e. The van der Waals surface area contributed by atoms with Gasteiger partial charge >= 0.3 is 13.7 Å². The van der Waals surface area contributed by atoms with E-state index in [0.29, 0.717) is 5.75 Å². The van der Waals surface area contributed by atoms with Gasteiger partial charge in [-0.05, 0) is 44.4 Å². The molecule has 0 spiro atoms. The number of methoxy groups -OCH3 is 1. The van der Waals surface area contributed by atoms with E-state index in [2.05, 4.69) is 16.9 Å². The lowest BCUT2D eigenvalue weighted by Crippen LogP contribution is -2.71. The van der Waals surface area contributed by atoms with Crippen LogP contribution in [0.15, 0.2) is 60.7 Å². The maximum Gasteiger partial charge on any atom is 0.459 e. The standard InChI is InChI=1S/C27H35N2O7P/c1-20-16-23-14-15-29(20)27(18-33-3,25(23)30)19-35-37(32,36-24-12-8-5-9-13-24)28-21(2)26(31)34-17-22-10-6-4-7-11-22/h4-13,20-21,23H,14-19H2,1-3H3,(H,28,32)/t20-,21+,23+,27+,37?/m1/s1. The lowest BCUT2D eigenvalue weighted by molar-refractivity contribution is -0.163. The summed E-state index contributed by atoms with van der Waals surface area (Å²) in [6.45, 7) is 4.31. The first-order valence-corrected chi connectivity index (χ1v) is 14.1. The Morgan fingerprint density at radius 3 is 2.46 bits per heavy atom. The first-order valence-electron chi connectivity index (χ1n) is 12.5. The molecule has 0 amide bonds. The molecule has 3 heterocycles. The number of Topliss-reactive ketones (excluding diaryl/α,β-unsaturated/α-hetero) is 1. The molecule has 3 aliphatic rings. The normalized spacial score (nSPS) is 27.3. The van der Waals surface area contributed by atoms with Gasteiger partial charge in [0.2, 0.25) is 0 Å². The minimum absolute atomic E-state index is 0.0280. The number of piperidine rings is 3. The molecule has 0 aliphatic carbocycles. The molecule has 9 nitrogen and oxygen atoms in total. The van der Waals surface area contributed by atoms with Gasteiger partial charge in [-0.3, -0.25) is 19.0 Å². The highest BCUT2D eigenvalue weighted by molar-refractivity contribution is 7.52. The van der Waals surface area contributed by atoms with Crippen LogP contribution in [0.5, 0.6) is 5.75 Å². The lowest BCUT2D eigenvalue weighted by Gasteiger charge is -2.55. The molecular formula is C27H35N2O7P. The van der Waals surface area contributed by atoms with Crippen molar-refractivity contribution in [3.8, 4) is 5.75 Å². The maximum atomic E-state index is 14.0. The molecule has 0 saturated carbocycles. The molecule has 2 aromatic rings. The van der Waals surface area contributed by atoms with Gasteiger partial charge in [0.1, 0.15) is 23.9 Å². The summed E-state index contributed by atoms with van der Waals surface area (Å²) in [6, 6.07) is 17.0. The monoisotopic (exact) mass is 530 g/mol. The van der Waals surface area contributed by atoms with Crippen molar-refractivity contribution in [2.75, 3.05) is 26.9 Å². The van der Waals surface area contributed by atoms with Gasteiger partial charge in [-0.2, -0.15) is 5.09 Å². The Kier molecular flexibility index (Phi) is 8.82. The second-order valence-electron chi connectivity index (χ2n) is 9.71. The smallest absolute Gasteiger partial charge is 0.459 e. The average Bonchev–Trinajstić information content (AvgIpc) is 2.90. The Hall–Kier alpha value is -2.55. The third kappa shape index (κ3) is 6.30. The van der Waals surface area contributed by atoms with Gasteiger partial charge in [0.15, 0.2) is 5.78 Å². The van der Waals surface area contributed by atoms with Gasteiger partial charge < -0.3 is 14.0 Å². The van der Waals surface area contributed by atoms with Gasteiger partial charge in [-0.1, -0.05) is 48.5 Å². The first kappa shape index (κ1) is 27.5. The summed E-state index contributed by atoms with van der Waals surface area (Å²) in [4.78, 5) is 28.2. The maximum absolute atomic E-state index is 14.0. The van der Waals surface area contributed by atoms with Gasteiger partial charge in [-0.25, -0.2) is 4.57 Å². The molecular weight excluding hydrogens is 495 g/mol. The van der Waals surface area contributed by atoms with Crippen LogP contribution in [0.4, 0.5) is 0 Å². The van der Waals surface area contributed by atoms with Crippen LogP contribution in [0.1, 0.15) is 32.3 Å². The Morgan fingerprint density at radius 1 is 1.14 bits per heavy atom. The van der Waals surface area contributed by atoms with Crippen molar-refractivity contribution in [2.24, 2.45) is 5.92 Å². The lowest BCUT2D eigenvalue weighted by atomic mass is 9.71. The molecule has 37 heavy (non-hydrogen) atoms. The van der Waals surface area contributed by atoms with Crippen molar-refractivity contribution in [1.29, 1.82) is 0 Å². The van der Waals surface area contributed by atoms with Crippen LogP contribution in [-0.4, -0.2) is 61.1 Å². The minimum atomic E-state index is -4.13. The third-order valence-electron chi connectivity index (χ3n) is 7.01.